The van der Waals surface area contributed by atoms with E-state index in [1.54, 1.807) is 16.8 Å². The maximum absolute atomic E-state index is 12.8. The monoisotopic (exact) mass is 392 g/mol. The molecule has 1 fully saturated rings. The molecule has 0 unspecified atom stereocenters. The number of halogens is 3. The highest BCUT2D eigenvalue weighted by Crippen LogP contribution is 2.37. The van der Waals surface area contributed by atoms with Crippen LogP contribution in [0.5, 0.6) is 5.75 Å². The Bertz CT molecular complexity index is 1000. The summed E-state index contributed by atoms with van der Waals surface area (Å²) in [5, 5.41) is 21.8. The summed E-state index contributed by atoms with van der Waals surface area (Å²) >= 11 is 0. The van der Waals surface area contributed by atoms with Crippen LogP contribution in [0.15, 0.2) is 30.6 Å². The summed E-state index contributed by atoms with van der Waals surface area (Å²) in [7, 11) is 2.06. The molecule has 1 saturated heterocycles. The summed E-state index contributed by atoms with van der Waals surface area (Å²) in [6.45, 7) is 1.93. The molecule has 1 aliphatic heterocycles. The van der Waals surface area contributed by atoms with E-state index in [1.807, 2.05) is 0 Å². The lowest BCUT2D eigenvalue weighted by atomic mass is 10.1. The van der Waals surface area contributed by atoms with Crippen molar-refractivity contribution in [2.45, 2.75) is 25.1 Å². The molecule has 0 saturated carbocycles. The molecule has 3 heterocycles. The van der Waals surface area contributed by atoms with Crippen LogP contribution in [-0.4, -0.2) is 55.8 Å². The Labute approximate surface area is 158 Å². The standard InChI is InChI=1S/C18H19F3N6O/c1-26-7-2-3-12(10-26)23-17-25-24-15(16-22-6-8-27(16)17)13-5-4-11(9-14(13)28)18(19,20)21/h4-6,8-9,12,28H,2-3,7,10H2,1H3,(H,23,25)/t12-/m1/s1. The Kier molecular flexibility index (Phi) is 4.58. The van der Waals surface area contributed by atoms with Gasteiger partial charge in [0.25, 0.3) is 0 Å². The molecular weight excluding hydrogens is 373 g/mol. The van der Waals surface area contributed by atoms with Gasteiger partial charge in [0.05, 0.1) is 5.56 Å². The third kappa shape index (κ3) is 3.47. The molecule has 3 aromatic rings. The SMILES string of the molecule is CN1CCC[C@@H](Nc2nnc(-c3ccc(C(F)(F)F)cc3O)c3nccn23)C1. The molecule has 0 spiro atoms. The Morgan fingerprint density at radius 1 is 1.25 bits per heavy atom. The summed E-state index contributed by atoms with van der Waals surface area (Å²) in [4.78, 5) is 6.48. The number of fused-ring (bicyclic) bond motifs is 1. The molecule has 1 aliphatic rings. The summed E-state index contributed by atoms with van der Waals surface area (Å²) in [5.41, 5.74) is -0.180. The van der Waals surface area contributed by atoms with Crippen molar-refractivity contribution in [3.8, 4) is 17.0 Å². The first-order valence-corrected chi connectivity index (χ1v) is 8.88. The van der Waals surface area contributed by atoms with Crippen molar-refractivity contribution in [2.24, 2.45) is 0 Å². The molecule has 4 rings (SSSR count). The molecule has 28 heavy (non-hydrogen) atoms. The molecule has 2 aromatic heterocycles. The van der Waals surface area contributed by atoms with Gasteiger partial charge in [-0.3, -0.25) is 4.40 Å². The van der Waals surface area contributed by atoms with Gasteiger partial charge in [-0.2, -0.15) is 13.2 Å². The van der Waals surface area contributed by atoms with Crippen molar-refractivity contribution in [1.82, 2.24) is 24.5 Å². The van der Waals surface area contributed by atoms with E-state index in [0.717, 1.165) is 32.0 Å². The highest BCUT2D eigenvalue weighted by atomic mass is 19.4. The number of imidazole rings is 1. The molecule has 0 radical (unpaired) electrons. The molecule has 7 nitrogen and oxygen atoms in total. The van der Waals surface area contributed by atoms with Crippen molar-refractivity contribution in [3.63, 3.8) is 0 Å². The maximum Gasteiger partial charge on any atom is 0.416 e. The van der Waals surface area contributed by atoms with E-state index in [9.17, 15) is 18.3 Å². The lowest BCUT2D eigenvalue weighted by Gasteiger charge is -2.30. The van der Waals surface area contributed by atoms with Gasteiger partial charge >= 0.3 is 6.18 Å². The highest BCUT2D eigenvalue weighted by molar-refractivity contribution is 5.78. The van der Waals surface area contributed by atoms with E-state index in [4.69, 9.17) is 0 Å². The molecule has 1 aromatic carbocycles. The van der Waals surface area contributed by atoms with Gasteiger partial charge in [0, 0.05) is 30.5 Å². The average Bonchev–Trinajstić information content (AvgIpc) is 3.12. The summed E-state index contributed by atoms with van der Waals surface area (Å²) in [5.74, 6) is -0.0217. The van der Waals surface area contributed by atoms with Crippen LogP contribution in [0.1, 0.15) is 18.4 Å². The van der Waals surface area contributed by atoms with Crippen molar-refractivity contribution < 1.29 is 18.3 Å². The first kappa shape index (κ1) is 18.5. The number of likely N-dealkylation sites (N-methyl/N-ethyl adjacent to an activating group) is 1. The molecule has 0 bridgehead atoms. The predicted molar refractivity (Wildman–Crippen MR) is 97.0 cm³/mol. The second kappa shape index (κ2) is 6.93. The largest absolute Gasteiger partial charge is 0.507 e. The number of likely N-dealkylation sites (tertiary alicyclic amines) is 1. The van der Waals surface area contributed by atoms with E-state index in [2.05, 4.69) is 32.4 Å². The zero-order valence-corrected chi connectivity index (χ0v) is 15.1. The lowest BCUT2D eigenvalue weighted by molar-refractivity contribution is -0.137. The Hall–Kier alpha value is -2.88. The van der Waals surface area contributed by atoms with Crippen molar-refractivity contribution in [2.75, 3.05) is 25.5 Å². The van der Waals surface area contributed by atoms with Crippen LogP contribution in [0, 0.1) is 0 Å². The van der Waals surface area contributed by atoms with Gasteiger partial charge < -0.3 is 15.3 Å². The zero-order valence-electron chi connectivity index (χ0n) is 15.1. The summed E-state index contributed by atoms with van der Waals surface area (Å²) in [6, 6.07) is 2.98. The topological polar surface area (TPSA) is 78.6 Å². The van der Waals surface area contributed by atoms with Gasteiger partial charge in [0.15, 0.2) is 5.65 Å². The van der Waals surface area contributed by atoms with Crippen LogP contribution < -0.4 is 5.32 Å². The number of hydrogen-bond donors (Lipinski definition) is 2. The lowest BCUT2D eigenvalue weighted by Crippen LogP contribution is -2.40. The van der Waals surface area contributed by atoms with Crippen LogP contribution in [0.2, 0.25) is 0 Å². The van der Waals surface area contributed by atoms with E-state index < -0.39 is 17.5 Å². The number of rotatable bonds is 3. The van der Waals surface area contributed by atoms with E-state index in [-0.39, 0.29) is 17.3 Å². The second-order valence-corrected chi connectivity index (χ2v) is 6.97. The third-order valence-electron chi connectivity index (χ3n) is 4.86. The van der Waals surface area contributed by atoms with Crippen LogP contribution in [0.4, 0.5) is 19.1 Å². The van der Waals surface area contributed by atoms with Crippen molar-refractivity contribution >= 4 is 11.6 Å². The summed E-state index contributed by atoms with van der Waals surface area (Å²) in [6.07, 6.45) is 0.798. The number of aromatic nitrogens is 4. The molecule has 1 atom stereocenters. The fraction of sp³-hybridized carbons (Fsp3) is 0.389. The molecular formula is C18H19F3N6O. The van der Waals surface area contributed by atoms with Crippen LogP contribution >= 0.6 is 0 Å². The second-order valence-electron chi connectivity index (χ2n) is 6.97. The minimum absolute atomic E-state index is 0.139. The smallest absolute Gasteiger partial charge is 0.416 e. The van der Waals surface area contributed by atoms with Gasteiger partial charge in [-0.15, -0.1) is 10.2 Å². The number of aromatic hydroxyl groups is 1. The first-order chi connectivity index (χ1) is 13.3. The number of phenols is 1. The molecule has 0 amide bonds. The van der Waals surface area contributed by atoms with Crippen LogP contribution in [0.25, 0.3) is 16.9 Å². The fourth-order valence-electron chi connectivity index (χ4n) is 3.49. The molecule has 2 N–H and O–H groups in total. The number of benzene rings is 1. The predicted octanol–water partition coefficient (Wildman–Crippen LogP) is 3.02. The molecule has 10 heteroatoms. The zero-order chi connectivity index (χ0) is 19.9. The number of piperidine rings is 1. The fourth-order valence-corrected chi connectivity index (χ4v) is 3.49. The molecule has 0 aliphatic carbocycles. The van der Waals surface area contributed by atoms with E-state index in [1.165, 1.54) is 6.07 Å². The number of hydrogen-bond acceptors (Lipinski definition) is 6. The number of anilines is 1. The Morgan fingerprint density at radius 2 is 2.07 bits per heavy atom. The third-order valence-corrected chi connectivity index (χ3v) is 4.86. The molecule has 148 valence electrons. The van der Waals surface area contributed by atoms with Crippen molar-refractivity contribution in [1.29, 1.82) is 0 Å². The van der Waals surface area contributed by atoms with Crippen LogP contribution in [0.3, 0.4) is 0 Å². The Balaban J connectivity index is 1.70. The number of nitrogens with one attached hydrogen (secondary N) is 1. The van der Waals surface area contributed by atoms with Gasteiger partial charge in [-0.25, -0.2) is 4.98 Å². The van der Waals surface area contributed by atoms with Gasteiger partial charge in [-0.1, -0.05) is 0 Å². The van der Waals surface area contributed by atoms with Gasteiger partial charge in [0.1, 0.15) is 11.4 Å². The van der Waals surface area contributed by atoms with E-state index in [0.29, 0.717) is 17.7 Å². The summed E-state index contributed by atoms with van der Waals surface area (Å²) < 4.78 is 40.2. The van der Waals surface area contributed by atoms with Gasteiger partial charge in [0.2, 0.25) is 5.95 Å². The normalized spacial score (nSPS) is 18.5. The van der Waals surface area contributed by atoms with E-state index >= 15 is 0 Å². The highest BCUT2D eigenvalue weighted by Gasteiger charge is 2.31. The maximum atomic E-state index is 12.8. The number of alkyl halides is 3. The minimum Gasteiger partial charge on any atom is -0.507 e. The first-order valence-electron chi connectivity index (χ1n) is 8.88. The Morgan fingerprint density at radius 3 is 2.79 bits per heavy atom. The average molecular weight is 392 g/mol. The number of nitrogens with zero attached hydrogens (tertiary/aromatic N) is 5. The van der Waals surface area contributed by atoms with Crippen LogP contribution in [-0.2, 0) is 6.18 Å². The number of phenolic OH excluding ortho intramolecular Hbond substituents is 1. The van der Waals surface area contributed by atoms with Gasteiger partial charge in [-0.05, 0) is 44.6 Å². The quantitative estimate of drug-likeness (QED) is 0.714. The van der Waals surface area contributed by atoms with Crippen molar-refractivity contribution in [3.05, 3.63) is 36.2 Å². The minimum atomic E-state index is -4.54.